The first-order valence-corrected chi connectivity index (χ1v) is 7.30. The van der Waals surface area contributed by atoms with Gasteiger partial charge in [0.1, 0.15) is 5.75 Å². The molecule has 5 heteroatoms. The molecule has 22 heavy (non-hydrogen) atoms. The van der Waals surface area contributed by atoms with E-state index < -0.39 is 0 Å². The molecular weight excluding hydrogens is 280 g/mol. The summed E-state index contributed by atoms with van der Waals surface area (Å²) in [5.41, 5.74) is 2.89. The third kappa shape index (κ3) is 2.50. The summed E-state index contributed by atoms with van der Waals surface area (Å²) in [7, 11) is 0. The highest BCUT2D eigenvalue weighted by Gasteiger charge is 2.29. The summed E-state index contributed by atoms with van der Waals surface area (Å²) >= 11 is 0. The minimum absolute atomic E-state index is 0.00622. The number of aryl methyl sites for hydroxylation is 1. The first-order chi connectivity index (χ1) is 10.5. The molecule has 1 aliphatic carbocycles. The molecule has 3 rings (SSSR count). The van der Waals surface area contributed by atoms with E-state index in [-0.39, 0.29) is 23.4 Å². The van der Waals surface area contributed by atoms with Crippen molar-refractivity contribution in [2.45, 2.75) is 26.7 Å². The summed E-state index contributed by atoms with van der Waals surface area (Å²) in [6, 6.07) is 5.02. The lowest BCUT2D eigenvalue weighted by molar-refractivity contribution is 0.0940. The van der Waals surface area contributed by atoms with Gasteiger partial charge in [-0.3, -0.25) is 9.59 Å². The number of phenols is 1. The van der Waals surface area contributed by atoms with Crippen LogP contribution in [0.25, 0.3) is 0 Å². The number of phenolic OH excluding ortho intramolecular Hbond substituents is 1. The number of hydrogen-bond acceptors (Lipinski definition) is 3. The van der Waals surface area contributed by atoms with Crippen molar-refractivity contribution in [1.82, 2.24) is 4.98 Å². The second kappa shape index (κ2) is 5.33. The predicted octanol–water partition coefficient (Wildman–Crippen LogP) is 3.05. The Hall–Kier alpha value is -2.56. The van der Waals surface area contributed by atoms with Gasteiger partial charge in [-0.05, 0) is 37.0 Å². The maximum Gasteiger partial charge on any atom is 0.258 e. The Bertz CT molecular complexity index is 761. The van der Waals surface area contributed by atoms with Gasteiger partial charge in [-0.1, -0.05) is 13.0 Å². The van der Waals surface area contributed by atoms with Crippen molar-refractivity contribution in [2.75, 3.05) is 5.32 Å². The molecule has 0 spiro atoms. The third-order valence-electron chi connectivity index (χ3n) is 3.97. The Morgan fingerprint density at radius 1 is 1.36 bits per heavy atom. The van der Waals surface area contributed by atoms with Gasteiger partial charge in [-0.25, -0.2) is 0 Å². The highest BCUT2D eigenvalue weighted by atomic mass is 16.3. The van der Waals surface area contributed by atoms with Crippen LogP contribution >= 0.6 is 0 Å². The van der Waals surface area contributed by atoms with Crippen molar-refractivity contribution >= 4 is 17.4 Å². The molecule has 3 N–H and O–H groups in total. The zero-order valence-corrected chi connectivity index (χ0v) is 12.6. The van der Waals surface area contributed by atoms with E-state index in [4.69, 9.17) is 0 Å². The third-order valence-corrected chi connectivity index (χ3v) is 3.97. The van der Waals surface area contributed by atoms with Gasteiger partial charge in [0.15, 0.2) is 5.78 Å². The van der Waals surface area contributed by atoms with Crippen LogP contribution in [0.3, 0.4) is 0 Å². The zero-order valence-electron chi connectivity index (χ0n) is 12.6. The van der Waals surface area contributed by atoms with E-state index in [1.54, 1.807) is 24.4 Å². The van der Waals surface area contributed by atoms with Gasteiger partial charge in [0.2, 0.25) is 0 Å². The summed E-state index contributed by atoms with van der Waals surface area (Å²) in [6.45, 7) is 3.87. The maximum atomic E-state index is 12.4. The van der Waals surface area contributed by atoms with Crippen LogP contribution in [-0.2, 0) is 6.42 Å². The Morgan fingerprint density at radius 2 is 2.14 bits per heavy atom. The summed E-state index contributed by atoms with van der Waals surface area (Å²) in [4.78, 5) is 27.6. The number of carbonyl (C=O) groups excluding carboxylic acids is 2. The number of aromatic nitrogens is 1. The molecule has 1 aromatic carbocycles. The molecule has 1 aliphatic rings. The molecule has 114 valence electrons. The predicted molar refractivity (Wildman–Crippen MR) is 83.4 cm³/mol. The van der Waals surface area contributed by atoms with Crippen molar-refractivity contribution in [3.05, 3.63) is 46.8 Å². The molecule has 0 radical (unpaired) electrons. The number of Topliss-reactive ketones (excluding diaryl/α,β-unsaturated/α-hetero) is 1. The Balaban J connectivity index is 1.89. The summed E-state index contributed by atoms with van der Waals surface area (Å²) in [5.74, 6) is -0.0961. The smallest absolute Gasteiger partial charge is 0.258 e. The van der Waals surface area contributed by atoms with Crippen LogP contribution in [0.2, 0.25) is 0 Å². The zero-order chi connectivity index (χ0) is 15.9. The molecule has 0 saturated carbocycles. The first kappa shape index (κ1) is 14.4. The van der Waals surface area contributed by atoms with Gasteiger partial charge >= 0.3 is 0 Å². The second-order valence-corrected chi connectivity index (χ2v) is 5.97. The van der Waals surface area contributed by atoms with Gasteiger partial charge in [0.05, 0.1) is 16.8 Å². The molecule has 5 nitrogen and oxygen atoms in total. The highest BCUT2D eigenvalue weighted by molar-refractivity contribution is 6.14. The largest absolute Gasteiger partial charge is 0.506 e. The van der Waals surface area contributed by atoms with Crippen molar-refractivity contribution < 1.29 is 14.7 Å². The number of benzene rings is 1. The van der Waals surface area contributed by atoms with Gasteiger partial charge in [-0.2, -0.15) is 0 Å². The number of amides is 1. The summed E-state index contributed by atoms with van der Waals surface area (Å²) < 4.78 is 0. The molecule has 0 aliphatic heterocycles. The van der Waals surface area contributed by atoms with Gasteiger partial charge < -0.3 is 15.4 Å². The lowest BCUT2D eigenvalue weighted by Crippen LogP contribution is -2.21. The quantitative estimate of drug-likeness (QED) is 0.745. The highest BCUT2D eigenvalue weighted by Crippen LogP contribution is 2.29. The molecular formula is C17H18N2O3. The van der Waals surface area contributed by atoms with Crippen LogP contribution in [0.15, 0.2) is 24.4 Å². The first-order valence-electron chi connectivity index (χ1n) is 7.30. The van der Waals surface area contributed by atoms with E-state index in [2.05, 4.69) is 10.3 Å². The molecule has 0 fully saturated rings. The average molecular weight is 298 g/mol. The molecule has 1 amide bonds. The SMILES string of the molecule is Cc1ccc(NC(=O)c2c[nH]c3c2C(=O)CC(C)C3)c(O)c1. The van der Waals surface area contributed by atoms with Crippen molar-refractivity contribution in [1.29, 1.82) is 0 Å². The number of carbonyl (C=O) groups is 2. The van der Waals surface area contributed by atoms with Crippen molar-refractivity contribution in [2.24, 2.45) is 5.92 Å². The normalized spacial score (nSPS) is 17.2. The summed E-state index contributed by atoms with van der Waals surface area (Å²) in [5, 5.41) is 12.5. The van der Waals surface area contributed by atoms with Crippen LogP contribution in [0, 0.1) is 12.8 Å². The number of anilines is 1. The minimum atomic E-state index is -0.389. The summed E-state index contributed by atoms with van der Waals surface area (Å²) in [6.07, 6.45) is 2.80. The fraction of sp³-hybridized carbons (Fsp3) is 0.294. The molecule has 0 bridgehead atoms. The number of aromatic amines is 1. The van der Waals surface area contributed by atoms with Crippen LogP contribution < -0.4 is 5.32 Å². The van der Waals surface area contributed by atoms with E-state index in [0.717, 1.165) is 17.7 Å². The average Bonchev–Trinajstić information content (AvgIpc) is 2.86. The number of hydrogen-bond donors (Lipinski definition) is 3. The fourth-order valence-corrected chi connectivity index (χ4v) is 2.90. The molecule has 2 aromatic rings. The van der Waals surface area contributed by atoms with Gasteiger partial charge in [0.25, 0.3) is 5.91 Å². The lowest BCUT2D eigenvalue weighted by atomic mass is 9.86. The van der Waals surface area contributed by atoms with Crippen LogP contribution in [-0.4, -0.2) is 21.8 Å². The standard InChI is InChI=1S/C17H18N2O3/c1-9-3-4-12(14(20)6-9)19-17(22)11-8-18-13-5-10(2)7-15(21)16(11)13/h3-4,6,8,10,18,20H,5,7H2,1-2H3,(H,19,22). The van der Waals surface area contributed by atoms with Gasteiger partial charge in [0, 0.05) is 18.3 Å². The molecule has 1 aromatic heterocycles. The minimum Gasteiger partial charge on any atom is -0.506 e. The Morgan fingerprint density at radius 3 is 2.86 bits per heavy atom. The number of fused-ring (bicyclic) bond motifs is 1. The van der Waals surface area contributed by atoms with E-state index in [1.165, 1.54) is 0 Å². The maximum absolute atomic E-state index is 12.4. The van der Waals surface area contributed by atoms with Crippen LogP contribution in [0.4, 0.5) is 5.69 Å². The van der Waals surface area contributed by atoms with Gasteiger partial charge in [-0.15, -0.1) is 0 Å². The van der Waals surface area contributed by atoms with E-state index in [1.807, 2.05) is 13.8 Å². The van der Waals surface area contributed by atoms with Crippen molar-refractivity contribution in [3.63, 3.8) is 0 Å². The molecule has 1 heterocycles. The van der Waals surface area contributed by atoms with Crippen molar-refractivity contribution in [3.8, 4) is 5.75 Å². The lowest BCUT2D eigenvalue weighted by Gasteiger charge is -2.17. The molecule has 1 atom stereocenters. The number of H-pyrrole nitrogens is 1. The Kier molecular flexibility index (Phi) is 3.48. The Labute approximate surface area is 128 Å². The number of nitrogens with one attached hydrogen (secondary N) is 2. The monoisotopic (exact) mass is 298 g/mol. The van der Waals surface area contributed by atoms with E-state index >= 15 is 0 Å². The van der Waals surface area contributed by atoms with E-state index in [9.17, 15) is 14.7 Å². The topological polar surface area (TPSA) is 82.2 Å². The number of aromatic hydroxyl groups is 1. The number of ketones is 1. The fourth-order valence-electron chi connectivity index (χ4n) is 2.90. The van der Waals surface area contributed by atoms with E-state index in [0.29, 0.717) is 23.2 Å². The number of rotatable bonds is 2. The van der Waals surface area contributed by atoms with Crippen LogP contribution in [0.1, 0.15) is 45.3 Å². The molecule has 1 unspecified atom stereocenters. The van der Waals surface area contributed by atoms with Crippen LogP contribution in [0.5, 0.6) is 5.75 Å². The second-order valence-electron chi connectivity index (χ2n) is 5.97. The molecule has 0 saturated heterocycles.